The number of aliphatic hydroxyl groups is 1. The van der Waals surface area contributed by atoms with Gasteiger partial charge in [-0.15, -0.1) is 0 Å². The van der Waals surface area contributed by atoms with E-state index < -0.39 is 0 Å². The predicted octanol–water partition coefficient (Wildman–Crippen LogP) is -0.367. The molecule has 0 aromatic carbocycles. The maximum Gasteiger partial charge on any atom is 0.248 e. The zero-order valence-corrected chi connectivity index (χ0v) is 9.43. The lowest BCUT2D eigenvalue weighted by atomic mass is 10.0. The lowest BCUT2D eigenvalue weighted by Gasteiger charge is -2.35. The summed E-state index contributed by atoms with van der Waals surface area (Å²) in [6, 6.07) is 0. The number of nitrogens with zero attached hydrogens (tertiary/aromatic N) is 1. The van der Waals surface area contributed by atoms with Crippen LogP contribution in [0.2, 0.25) is 0 Å². The van der Waals surface area contributed by atoms with Gasteiger partial charge in [0.15, 0.2) is 0 Å². The molecule has 0 aliphatic carbocycles. The molecule has 1 amide bonds. The van der Waals surface area contributed by atoms with Crippen LogP contribution in [0.5, 0.6) is 0 Å². The second-order valence-corrected chi connectivity index (χ2v) is 4.50. The first kappa shape index (κ1) is 11.8. The maximum absolute atomic E-state index is 11.6. The van der Waals surface area contributed by atoms with Crippen molar-refractivity contribution in [2.45, 2.75) is 18.9 Å². The molecular formula is C11H19NO4. The fourth-order valence-electron chi connectivity index (χ4n) is 2.23. The number of carbonyl (C=O) groups is 1. The number of ether oxygens (including phenoxy) is 2. The zero-order chi connectivity index (χ0) is 11.4. The van der Waals surface area contributed by atoms with Gasteiger partial charge in [-0.2, -0.15) is 0 Å². The SMILES string of the molecule is O=C1COC(CO)CN1CC1CCCOC1. The lowest BCUT2D eigenvalue weighted by Crippen LogP contribution is -2.50. The summed E-state index contributed by atoms with van der Waals surface area (Å²) in [5.41, 5.74) is 0. The number of morpholine rings is 1. The molecule has 2 fully saturated rings. The third-order valence-electron chi connectivity index (χ3n) is 3.16. The molecule has 1 N–H and O–H groups in total. The smallest absolute Gasteiger partial charge is 0.248 e. The number of amides is 1. The first-order valence-corrected chi connectivity index (χ1v) is 5.87. The fourth-order valence-corrected chi connectivity index (χ4v) is 2.23. The van der Waals surface area contributed by atoms with Crippen LogP contribution in [0.3, 0.4) is 0 Å². The maximum atomic E-state index is 11.6. The highest BCUT2D eigenvalue weighted by molar-refractivity contribution is 5.78. The van der Waals surface area contributed by atoms with E-state index in [1.807, 2.05) is 0 Å². The Balaban J connectivity index is 1.83. The molecule has 5 heteroatoms. The summed E-state index contributed by atoms with van der Waals surface area (Å²) >= 11 is 0. The Labute approximate surface area is 95.3 Å². The van der Waals surface area contributed by atoms with Crippen LogP contribution < -0.4 is 0 Å². The molecule has 2 saturated heterocycles. The van der Waals surface area contributed by atoms with Gasteiger partial charge in [0.1, 0.15) is 6.61 Å². The average Bonchev–Trinajstić information content (AvgIpc) is 2.33. The van der Waals surface area contributed by atoms with Crippen molar-refractivity contribution in [3.8, 4) is 0 Å². The molecule has 92 valence electrons. The van der Waals surface area contributed by atoms with Gasteiger partial charge in [-0.25, -0.2) is 0 Å². The van der Waals surface area contributed by atoms with Gasteiger partial charge in [0.2, 0.25) is 5.91 Å². The van der Waals surface area contributed by atoms with Crippen LogP contribution in [0.1, 0.15) is 12.8 Å². The van der Waals surface area contributed by atoms with E-state index in [9.17, 15) is 4.79 Å². The van der Waals surface area contributed by atoms with Gasteiger partial charge in [-0.1, -0.05) is 0 Å². The molecule has 2 rings (SSSR count). The molecule has 0 saturated carbocycles. The standard InChI is InChI=1S/C11H19NO4/c13-6-10-5-12(11(14)8-16-10)4-9-2-1-3-15-7-9/h9-10,13H,1-8H2. The van der Waals surface area contributed by atoms with Crippen molar-refractivity contribution in [1.29, 1.82) is 0 Å². The Morgan fingerprint density at radius 2 is 2.38 bits per heavy atom. The van der Waals surface area contributed by atoms with Gasteiger partial charge in [0.05, 0.1) is 19.3 Å². The molecule has 2 aliphatic rings. The molecule has 0 aromatic rings. The number of hydrogen-bond donors (Lipinski definition) is 1. The largest absolute Gasteiger partial charge is 0.394 e. The molecule has 0 bridgehead atoms. The van der Waals surface area contributed by atoms with E-state index in [4.69, 9.17) is 14.6 Å². The van der Waals surface area contributed by atoms with Gasteiger partial charge in [-0.05, 0) is 18.8 Å². The Morgan fingerprint density at radius 3 is 3.06 bits per heavy atom. The molecule has 2 aliphatic heterocycles. The average molecular weight is 229 g/mol. The number of rotatable bonds is 3. The minimum Gasteiger partial charge on any atom is -0.394 e. The van der Waals surface area contributed by atoms with Gasteiger partial charge < -0.3 is 19.5 Å². The van der Waals surface area contributed by atoms with E-state index in [0.717, 1.165) is 32.6 Å². The molecule has 2 unspecified atom stereocenters. The van der Waals surface area contributed by atoms with Crippen molar-refractivity contribution in [1.82, 2.24) is 4.90 Å². The Bertz CT molecular complexity index is 240. The van der Waals surface area contributed by atoms with E-state index in [-0.39, 0.29) is 25.2 Å². The van der Waals surface area contributed by atoms with Gasteiger partial charge in [0, 0.05) is 19.7 Å². The number of carbonyl (C=O) groups excluding carboxylic acids is 1. The van der Waals surface area contributed by atoms with E-state index in [0.29, 0.717) is 12.5 Å². The normalized spacial score (nSPS) is 31.8. The third-order valence-corrected chi connectivity index (χ3v) is 3.16. The van der Waals surface area contributed by atoms with Gasteiger partial charge in [0.25, 0.3) is 0 Å². The van der Waals surface area contributed by atoms with Crippen molar-refractivity contribution in [2.24, 2.45) is 5.92 Å². The molecule has 0 radical (unpaired) electrons. The summed E-state index contributed by atoms with van der Waals surface area (Å²) < 4.78 is 10.6. The van der Waals surface area contributed by atoms with Crippen molar-refractivity contribution in [3.63, 3.8) is 0 Å². The highest BCUT2D eigenvalue weighted by atomic mass is 16.5. The first-order valence-electron chi connectivity index (χ1n) is 5.87. The van der Waals surface area contributed by atoms with Crippen molar-refractivity contribution < 1.29 is 19.4 Å². The second-order valence-electron chi connectivity index (χ2n) is 4.50. The first-order chi connectivity index (χ1) is 7.79. The Hall–Kier alpha value is -0.650. The molecule has 0 spiro atoms. The Morgan fingerprint density at radius 1 is 1.50 bits per heavy atom. The summed E-state index contributed by atoms with van der Waals surface area (Å²) in [6.45, 7) is 2.90. The Kier molecular flexibility index (Phi) is 4.15. The fraction of sp³-hybridized carbons (Fsp3) is 0.909. The minimum absolute atomic E-state index is 0.0229. The molecule has 0 aromatic heterocycles. The second kappa shape index (κ2) is 5.61. The van der Waals surface area contributed by atoms with Crippen LogP contribution in [0.4, 0.5) is 0 Å². The highest BCUT2D eigenvalue weighted by Crippen LogP contribution is 2.17. The third kappa shape index (κ3) is 2.93. The van der Waals surface area contributed by atoms with Crippen LogP contribution in [-0.2, 0) is 14.3 Å². The zero-order valence-electron chi connectivity index (χ0n) is 9.43. The summed E-state index contributed by atoms with van der Waals surface area (Å²) in [4.78, 5) is 13.4. The van der Waals surface area contributed by atoms with E-state index in [2.05, 4.69) is 0 Å². The topological polar surface area (TPSA) is 59.0 Å². The van der Waals surface area contributed by atoms with Crippen molar-refractivity contribution >= 4 is 5.91 Å². The summed E-state index contributed by atoms with van der Waals surface area (Å²) in [7, 11) is 0. The van der Waals surface area contributed by atoms with Crippen molar-refractivity contribution in [3.05, 3.63) is 0 Å². The number of hydrogen-bond acceptors (Lipinski definition) is 4. The lowest BCUT2D eigenvalue weighted by molar-refractivity contribution is -0.152. The quantitative estimate of drug-likeness (QED) is 0.717. The molecular weight excluding hydrogens is 210 g/mol. The van der Waals surface area contributed by atoms with Crippen LogP contribution >= 0.6 is 0 Å². The van der Waals surface area contributed by atoms with Crippen LogP contribution in [0, 0.1) is 5.92 Å². The molecule has 2 heterocycles. The molecule has 16 heavy (non-hydrogen) atoms. The van der Waals surface area contributed by atoms with E-state index in [1.54, 1.807) is 4.90 Å². The summed E-state index contributed by atoms with van der Waals surface area (Å²) in [5.74, 6) is 0.463. The van der Waals surface area contributed by atoms with Crippen LogP contribution in [0.25, 0.3) is 0 Å². The van der Waals surface area contributed by atoms with Gasteiger partial charge in [-0.3, -0.25) is 4.79 Å². The van der Waals surface area contributed by atoms with Crippen LogP contribution in [-0.4, -0.2) is 61.5 Å². The number of aliphatic hydroxyl groups excluding tert-OH is 1. The van der Waals surface area contributed by atoms with E-state index >= 15 is 0 Å². The highest BCUT2D eigenvalue weighted by Gasteiger charge is 2.28. The summed E-state index contributed by atoms with van der Waals surface area (Å²) in [5, 5.41) is 9.01. The monoisotopic (exact) mass is 229 g/mol. The molecule has 2 atom stereocenters. The van der Waals surface area contributed by atoms with Crippen LogP contribution in [0.15, 0.2) is 0 Å². The summed E-state index contributed by atoms with van der Waals surface area (Å²) in [6.07, 6.45) is 1.98. The van der Waals surface area contributed by atoms with Crippen molar-refractivity contribution in [2.75, 3.05) is 39.5 Å². The molecule has 5 nitrogen and oxygen atoms in total. The van der Waals surface area contributed by atoms with Gasteiger partial charge >= 0.3 is 0 Å². The van der Waals surface area contributed by atoms with E-state index in [1.165, 1.54) is 0 Å². The predicted molar refractivity (Wildman–Crippen MR) is 56.9 cm³/mol. The minimum atomic E-state index is -0.220.